The molecular formula is C17H19S. The van der Waals surface area contributed by atoms with Gasteiger partial charge in [-0.3, -0.25) is 0 Å². The highest BCUT2D eigenvalue weighted by molar-refractivity contribution is 7.99. The Morgan fingerprint density at radius 3 is 2.11 bits per heavy atom. The minimum atomic E-state index is 0.219. The minimum absolute atomic E-state index is 0.219. The lowest BCUT2D eigenvalue weighted by Crippen LogP contribution is -2.10. The third-order valence-electron chi connectivity index (χ3n) is 2.85. The third-order valence-corrected chi connectivity index (χ3v) is 3.85. The Hall–Kier alpha value is -1.21. The van der Waals surface area contributed by atoms with Gasteiger partial charge in [0.1, 0.15) is 0 Å². The van der Waals surface area contributed by atoms with E-state index in [1.54, 1.807) is 11.8 Å². The van der Waals surface area contributed by atoms with Crippen molar-refractivity contribution in [2.75, 3.05) is 0 Å². The Labute approximate surface area is 114 Å². The second kappa shape index (κ2) is 5.19. The molecule has 0 fully saturated rings. The molecule has 0 spiro atoms. The van der Waals surface area contributed by atoms with Crippen LogP contribution in [0.3, 0.4) is 0 Å². The maximum Gasteiger partial charge on any atom is 0.0125 e. The van der Waals surface area contributed by atoms with Crippen molar-refractivity contribution in [2.24, 2.45) is 0 Å². The third kappa shape index (κ3) is 3.39. The molecule has 0 N–H and O–H groups in total. The molecule has 0 aliphatic carbocycles. The van der Waals surface area contributed by atoms with Gasteiger partial charge in [-0.15, -0.1) is 0 Å². The van der Waals surface area contributed by atoms with Crippen molar-refractivity contribution in [3.05, 3.63) is 66.6 Å². The van der Waals surface area contributed by atoms with Gasteiger partial charge in [-0.1, -0.05) is 56.8 Å². The van der Waals surface area contributed by atoms with E-state index in [1.165, 1.54) is 15.4 Å². The van der Waals surface area contributed by atoms with Crippen molar-refractivity contribution in [3.8, 4) is 0 Å². The molecule has 0 aromatic heterocycles. The van der Waals surface area contributed by atoms with E-state index >= 15 is 0 Å². The van der Waals surface area contributed by atoms with E-state index in [0.29, 0.717) is 0 Å². The highest BCUT2D eigenvalue weighted by Crippen LogP contribution is 2.30. The molecule has 18 heavy (non-hydrogen) atoms. The zero-order valence-corrected chi connectivity index (χ0v) is 12.1. The summed E-state index contributed by atoms with van der Waals surface area (Å²) < 4.78 is 0. The van der Waals surface area contributed by atoms with Crippen LogP contribution in [0, 0.1) is 6.92 Å². The molecule has 0 unspecified atom stereocenters. The predicted molar refractivity (Wildman–Crippen MR) is 80.2 cm³/mol. The molecule has 0 aliphatic rings. The predicted octanol–water partition coefficient (Wildman–Crippen LogP) is 5.32. The molecule has 2 rings (SSSR count). The maximum atomic E-state index is 3.96. The van der Waals surface area contributed by atoms with E-state index < -0.39 is 0 Å². The van der Waals surface area contributed by atoms with E-state index in [0.717, 1.165) is 5.56 Å². The Morgan fingerprint density at radius 1 is 0.889 bits per heavy atom. The molecule has 0 atom stereocenters. The monoisotopic (exact) mass is 255 g/mol. The molecule has 1 radical (unpaired) electrons. The first-order valence-electron chi connectivity index (χ1n) is 6.15. The first kappa shape index (κ1) is 13.2. The van der Waals surface area contributed by atoms with Crippen LogP contribution in [0.15, 0.2) is 58.3 Å². The van der Waals surface area contributed by atoms with Gasteiger partial charge < -0.3 is 0 Å². The van der Waals surface area contributed by atoms with Gasteiger partial charge in [0.05, 0.1) is 0 Å². The van der Waals surface area contributed by atoms with Gasteiger partial charge in [0.2, 0.25) is 0 Å². The molecule has 2 aromatic rings. The van der Waals surface area contributed by atoms with Crippen molar-refractivity contribution in [1.29, 1.82) is 0 Å². The summed E-state index contributed by atoms with van der Waals surface area (Å²) in [6, 6.07) is 17.1. The molecule has 0 bridgehead atoms. The van der Waals surface area contributed by atoms with E-state index in [1.807, 2.05) is 12.1 Å². The first-order valence-corrected chi connectivity index (χ1v) is 6.97. The van der Waals surface area contributed by atoms with Crippen LogP contribution in [0.25, 0.3) is 0 Å². The summed E-state index contributed by atoms with van der Waals surface area (Å²) in [6.07, 6.45) is 0. The lowest BCUT2D eigenvalue weighted by atomic mass is 9.87. The molecule has 0 nitrogen and oxygen atoms in total. The number of rotatable bonds is 2. The van der Waals surface area contributed by atoms with Crippen molar-refractivity contribution in [1.82, 2.24) is 0 Å². The van der Waals surface area contributed by atoms with Gasteiger partial charge in [0.25, 0.3) is 0 Å². The average Bonchev–Trinajstić information content (AvgIpc) is 2.28. The summed E-state index contributed by atoms with van der Waals surface area (Å²) in [4.78, 5) is 2.51. The second-order valence-electron chi connectivity index (χ2n) is 5.52. The number of hydrogen-bond acceptors (Lipinski definition) is 1. The van der Waals surface area contributed by atoms with E-state index in [-0.39, 0.29) is 5.41 Å². The Morgan fingerprint density at radius 2 is 1.56 bits per heavy atom. The Kier molecular flexibility index (Phi) is 3.82. The van der Waals surface area contributed by atoms with Gasteiger partial charge in [-0.2, -0.15) is 0 Å². The fourth-order valence-corrected chi connectivity index (χ4v) is 2.67. The standard InChI is InChI=1S/C17H19S/c1-13-6-5-7-16(12-13)18-15-10-8-14(9-11-15)17(2,3)4/h5-12H,1H2,2-4H3. The first-order chi connectivity index (χ1) is 8.45. The normalized spacial score (nSPS) is 11.6. The molecule has 0 heterocycles. The highest BCUT2D eigenvalue weighted by atomic mass is 32.2. The molecule has 0 saturated heterocycles. The van der Waals surface area contributed by atoms with E-state index in [9.17, 15) is 0 Å². The summed E-state index contributed by atoms with van der Waals surface area (Å²) in [6.45, 7) is 10.7. The van der Waals surface area contributed by atoms with Crippen molar-refractivity contribution < 1.29 is 0 Å². The van der Waals surface area contributed by atoms with Crippen LogP contribution in [0.4, 0.5) is 0 Å². The fraction of sp³-hybridized carbons (Fsp3) is 0.235. The maximum absolute atomic E-state index is 3.96. The van der Waals surface area contributed by atoms with Crippen LogP contribution in [0.2, 0.25) is 0 Å². The van der Waals surface area contributed by atoms with Gasteiger partial charge >= 0.3 is 0 Å². The average molecular weight is 255 g/mol. The Balaban J connectivity index is 2.16. The van der Waals surface area contributed by atoms with Crippen LogP contribution >= 0.6 is 11.8 Å². The lowest BCUT2D eigenvalue weighted by molar-refractivity contribution is 0.590. The van der Waals surface area contributed by atoms with Crippen LogP contribution in [0.5, 0.6) is 0 Å². The summed E-state index contributed by atoms with van der Waals surface area (Å²) in [5.41, 5.74) is 2.65. The molecule has 1 heteroatoms. The SMILES string of the molecule is [CH2]c1cccc(Sc2ccc(C(C)(C)C)cc2)c1. The molecular weight excluding hydrogens is 236 g/mol. The molecule has 2 aromatic carbocycles. The topological polar surface area (TPSA) is 0 Å². The summed E-state index contributed by atoms with van der Waals surface area (Å²) in [7, 11) is 0. The van der Waals surface area contributed by atoms with Crippen molar-refractivity contribution >= 4 is 11.8 Å². The summed E-state index contributed by atoms with van der Waals surface area (Å²) in [5.74, 6) is 0. The largest absolute Gasteiger partial charge is 0.0901 e. The van der Waals surface area contributed by atoms with Crippen molar-refractivity contribution in [2.45, 2.75) is 36.0 Å². The minimum Gasteiger partial charge on any atom is -0.0901 e. The zero-order valence-electron chi connectivity index (χ0n) is 11.2. The van der Waals surface area contributed by atoms with Gasteiger partial charge in [0, 0.05) is 9.79 Å². The van der Waals surface area contributed by atoms with Crippen LogP contribution < -0.4 is 0 Å². The summed E-state index contributed by atoms with van der Waals surface area (Å²) in [5, 5.41) is 0. The Bertz CT molecular complexity index is 518. The van der Waals surface area contributed by atoms with E-state index in [4.69, 9.17) is 0 Å². The number of hydrogen-bond donors (Lipinski definition) is 0. The van der Waals surface area contributed by atoms with Gasteiger partial charge in [-0.25, -0.2) is 0 Å². The lowest BCUT2D eigenvalue weighted by Gasteiger charge is -2.19. The van der Waals surface area contributed by atoms with Gasteiger partial charge in [0.15, 0.2) is 0 Å². The number of benzene rings is 2. The molecule has 93 valence electrons. The van der Waals surface area contributed by atoms with E-state index in [2.05, 4.69) is 64.1 Å². The molecule has 0 saturated carbocycles. The molecule has 0 amide bonds. The van der Waals surface area contributed by atoms with Gasteiger partial charge in [-0.05, 0) is 47.7 Å². The zero-order chi connectivity index (χ0) is 13.2. The van der Waals surface area contributed by atoms with Crippen LogP contribution in [-0.2, 0) is 5.41 Å². The quantitative estimate of drug-likeness (QED) is 0.700. The second-order valence-corrected chi connectivity index (χ2v) is 6.67. The molecule has 0 aliphatic heterocycles. The van der Waals surface area contributed by atoms with Crippen LogP contribution in [-0.4, -0.2) is 0 Å². The highest BCUT2D eigenvalue weighted by Gasteiger charge is 2.12. The summed E-state index contributed by atoms with van der Waals surface area (Å²) >= 11 is 1.78. The fourth-order valence-electron chi connectivity index (χ4n) is 1.77. The van der Waals surface area contributed by atoms with Crippen LogP contribution in [0.1, 0.15) is 31.9 Å². The van der Waals surface area contributed by atoms with Crippen molar-refractivity contribution in [3.63, 3.8) is 0 Å². The smallest absolute Gasteiger partial charge is 0.0125 e.